The summed E-state index contributed by atoms with van der Waals surface area (Å²) in [6.45, 7) is 1.68. The van der Waals surface area contributed by atoms with E-state index in [0.29, 0.717) is 5.92 Å². The number of aliphatic hydroxyl groups is 1. The van der Waals surface area contributed by atoms with Gasteiger partial charge < -0.3 is 9.84 Å². The van der Waals surface area contributed by atoms with Crippen molar-refractivity contribution in [1.82, 2.24) is 0 Å². The molecule has 1 aliphatic rings. The molecule has 100 valence electrons. The second-order valence-electron chi connectivity index (χ2n) is 5.41. The average molecular weight is 256 g/mol. The minimum Gasteiger partial charge on any atom is -0.388 e. The van der Waals surface area contributed by atoms with E-state index in [0.717, 1.165) is 38.0 Å². The SMILES string of the molecule is OC(CC1CCOCC1)c1ccc2ccccc2c1. The molecule has 2 aromatic carbocycles. The Bertz CT molecular complexity index is 544. The maximum Gasteiger partial charge on any atom is 0.0792 e. The van der Waals surface area contributed by atoms with E-state index in [2.05, 4.69) is 24.3 Å². The maximum atomic E-state index is 10.4. The lowest BCUT2D eigenvalue weighted by Gasteiger charge is -2.24. The molecule has 0 spiro atoms. The molecule has 1 unspecified atom stereocenters. The highest BCUT2D eigenvalue weighted by atomic mass is 16.5. The van der Waals surface area contributed by atoms with Crippen molar-refractivity contribution in [3.63, 3.8) is 0 Å². The minimum atomic E-state index is -0.354. The fourth-order valence-corrected chi connectivity index (χ4v) is 2.85. The van der Waals surface area contributed by atoms with Gasteiger partial charge in [0.2, 0.25) is 0 Å². The van der Waals surface area contributed by atoms with Gasteiger partial charge in [0.1, 0.15) is 0 Å². The third-order valence-electron chi connectivity index (χ3n) is 4.06. The smallest absolute Gasteiger partial charge is 0.0792 e. The molecule has 0 saturated carbocycles. The lowest BCUT2D eigenvalue weighted by molar-refractivity contribution is 0.0435. The van der Waals surface area contributed by atoms with Crippen LogP contribution in [0, 0.1) is 5.92 Å². The Kier molecular flexibility index (Phi) is 3.81. The van der Waals surface area contributed by atoms with E-state index in [1.165, 1.54) is 10.8 Å². The van der Waals surface area contributed by atoms with Crippen LogP contribution < -0.4 is 0 Å². The largest absolute Gasteiger partial charge is 0.388 e. The molecule has 1 heterocycles. The fourth-order valence-electron chi connectivity index (χ4n) is 2.85. The Balaban J connectivity index is 1.75. The molecular formula is C17H20O2. The van der Waals surface area contributed by atoms with Crippen molar-refractivity contribution in [3.05, 3.63) is 48.0 Å². The van der Waals surface area contributed by atoms with Gasteiger partial charge in [-0.15, -0.1) is 0 Å². The summed E-state index contributed by atoms with van der Waals surface area (Å²) in [5.41, 5.74) is 1.03. The number of rotatable bonds is 3. The third-order valence-corrected chi connectivity index (χ3v) is 4.06. The van der Waals surface area contributed by atoms with Gasteiger partial charge in [0.05, 0.1) is 6.10 Å². The van der Waals surface area contributed by atoms with E-state index in [1.807, 2.05) is 18.2 Å². The third kappa shape index (κ3) is 2.96. The Hall–Kier alpha value is -1.38. The molecule has 0 bridgehead atoms. The van der Waals surface area contributed by atoms with Gasteiger partial charge in [-0.25, -0.2) is 0 Å². The number of benzene rings is 2. The summed E-state index contributed by atoms with van der Waals surface area (Å²) in [5.74, 6) is 0.593. The minimum absolute atomic E-state index is 0.354. The van der Waals surface area contributed by atoms with Crippen LogP contribution in [0.15, 0.2) is 42.5 Å². The molecular weight excluding hydrogens is 236 g/mol. The summed E-state index contributed by atoms with van der Waals surface area (Å²) in [5, 5.41) is 12.8. The van der Waals surface area contributed by atoms with Crippen LogP contribution in [-0.4, -0.2) is 18.3 Å². The molecule has 2 nitrogen and oxygen atoms in total. The first-order chi connectivity index (χ1) is 9.33. The van der Waals surface area contributed by atoms with Crippen LogP contribution in [0.5, 0.6) is 0 Å². The molecule has 0 radical (unpaired) electrons. The quantitative estimate of drug-likeness (QED) is 0.907. The molecule has 2 aromatic rings. The summed E-state index contributed by atoms with van der Waals surface area (Å²) in [6.07, 6.45) is 2.64. The molecule has 3 rings (SSSR count). The predicted molar refractivity (Wildman–Crippen MR) is 77.1 cm³/mol. The molecule has 1 saturated heterocycles. The molecule has 1 N–H and O–H groups in total. The zero-order valence-electron chi connectivity index (χ0n) is 11.1. The van der Waals surface area contributed by atoms with Crippen molar-refractivity contribution < 1.29 is 9.84 Å². The molecule has 2 heteroatoms. The van der Waals surface area contributed by atoms with Crippen molar-refractivity contribution in [2.24, 2.45) is 5.92 Å². The van der Waals surface area contributed by atoms with Crippen LogP contribution in [0.4, 0.5) is 0 Å². The molecule has 0 amide bonds. The normalized spacial score (nSPS) is 18.6. The van der Waals surface area contributed by atoms with E-state index in [4.69, 9.17) is 4.74 Å². The van der Waals surface area contributed by atoms with Crippen LogP contribution in [0.25, 0.3) is 10.8 Å². The van der Waals surface area contributed by atoms with Crippen molar-refractivity contribution in [2.75, 3.05) is 13.2 Å². The van der Waals surface area contributed by atoms with Gasteiger partial charge in [0.25, 0.3) is 0 Å². The van der Waals surface area contributed by atoms with Crippen LogP contribution in [0.2, 0.25) is 0 Å². The maximum absolute atomic E-state index is 10.4. The monoisotopic (exact) mass is 256 g/mol. The van der Waals surface area contributed by atoms with Crippen LogP contribution in [0.3, 0.4) is 0 Å². The number of ether oxygens (including phenoxy) is 1. The average Bonchev–Trinajstić information content (AvgIpc) is 2.48. The van der Waals surface area contributed by atoms with E-state index in [1.54, 1.807) is 0 Å². The summed E-state index contributed by atoms with van der Waals surface area (Å²) < 4.78 is 5.36. The first-order valence-electron chi connectivity index (χ1n) is 7.07. The first kappa shape index (κ1) is 12.6. The van der Waals surface area contributed by atoms with E-state index >= 15 is 0 Å². The standard InChI is InChI=1S/C17H20O2/c18-17(11-13-7-9-19-10-8-13)16-6-5-14-3-1-2-4-15(14)12-16/h1-6,12-13,17-18H,7-11H2. The van der Waals surface area contributed by atoms with Gasteiger partial charge in [-0.2, -0.15) is 0 Å². The lowest BCUT2D eigenvalue weighted by atomic mass is 9.90. The Morgan fingerprint density at radius 2 is 1.79 bits per heavy atom. The zero-order valence-corrected chi connectivity index (χ0v) is 11.1. The van der Waals surface area contributed by atoms with E-state index in [9.17, 15) is 5.11 Å². The van der Waals surface area contributed by atoms with Crippen molar-refractivity contribution in [1.29, 1.82) is 0 Å². The predicted octanol–water partition coefficient (Wildman–Crippen LogP) is 3.69. The second kappa shape index (κ2) is 5.72. The molecule has 0 aliphatic carbocycles. The van der Waals surface area contributed by atoms with Crippen LogP contribution >= 0.6 is 0 Å². The van der Waals surface area contributed by atoms with Crippen molar-refractivity contribution in [2.45, 2.75) is 25.4 Å². The number of fused-ring (bicyclic) bond motifs is 1. The summed E-state index contributed by atoms with van der Waals surface area (Å²) in [4.78, 5) is 0. The highest BCUT2D eigenvalue weighted by Gasteiger charge is 2.18. The number of hydrogen-bond donors (Lipinski definition) is 1. The van der Waals surface area contributed by atoms with Crippen molar-refractivity contribution in [3.8, 4) is 0 Å². The Morgan fingerprint density at radius 1 is 1.05 bits per heavy atom. The van der Waals surface area contributed by atoms with E-state index in [-0.39, 0.29) is 6.10 Å². The molecule has 0 aromatic heterocycles. The van der Waals surface area contributed by atoms with Crippen LogP contribution in [0.1, 0.15) is 30.9 Å². The second-order valence-corrected chi connectivity index (χ2v) is 5.41. The van der Waals surface area contributed by atoms with Gasteiger partial charge in [-0.3, -0.25) is 0 Å². The molecule has 1 fully saturated rings. The number of hydrogen-bond acceptors (Lipinski definition) is 2. The summed E-state index contributed by atoms with van der Waals surface area (Å²) >= 11 is 0. The Morgan fingerprint density at radius 3 is 2.58 bits per heavy atom. The first-order valence-corrected chi connectivity index (χ1v) is 7.07. The lowest BCUT2D eigenvalue weighted by Crippen LogP contribution is -2.18. The molecule has 19 heavy (non-hydrogen) atoms. The summed E-state index contributed by atoms with van der Waals surface area (Å²) in [6, 6.07) is 14.5. The van der Waals surface area contributed by atoms with Gasteiger partial charge in [0.15, 0.2) is 0 Å². The van der Waals surface area contributed by atoms with Crippen molar-refractivity contribution >= 4 is 10.8 Å². The zero-order chi connectivity index (χ0) is 13.1. The van der Waals surface area contributed by atoms with Crippen LogP contribution in [-0.2, 0) is 4.74 Å². The Labute approximate surface area is 114 Å². The highest BCUT2D eigenvalue weighted by Crippen LogP contribution is 2.29. The van der Waals surface area contributed by atoms with Gasteiger partial charge >= 0.3 is 0 Å². The topological polar surface area (TPSA) is 29.5 Å². The van der Waals surface area contributed by atoms with Gasteiger partial charge in [-0.05, 0) is 47.6 Å². The van der Waals surface area contributed by atoms with Gasteiger partial charge in [-0.1, -0.05) is 36.4 Å². The van der Waals surface area contributed by atoms with Gasteiger partial charge in [0, 0.05) is 13.2 Å². The highest BCUT2D eigenvalue weighted by molar-refractivity contribution is 5.83. The van der Waals surface area contributed by atoms with E-state index < -0.39 is 0 Å². The molecule has 1 aliphatic heterocycles. The fraction of sp³-hybridized carbons (Fsp3) is 0.412. The summed E-state index contributed by atoms with van der Waals surface area (Å²) in [7, 11) is 0. The number of aliphatic hydroxyl groups excluding tert-OH is 1. The molecule has 1 atom stereocenters.